The maximum Gasteiger partial charge on any atom is 0.229 e. The molecule has 0 amide bonds. The van der Waals surface area contributed by atoms with Crippen molar-refractivity contribution in [2.45, 2.75) is 6.42 Å². The number of aromatic nitrogens is 1. The van der Waals surface area contributed by atoms with Gasteiger partial charge in [0.25, 0.3) is 0 Å². The SMILES string of the molecule is CN1C=CCc2nc(-c3ccccc3)oc21. The van der Waals surface area contributed by atoms with Gasteiger partial charge in [-0.3, -0.25) is 0 Å². The monoisotopic (exact) mass is 212 g/mol. The minimum Gasteiger partial charge on any atom is -0.420 e. The highest BCUT2D eigenvalue weighted by molar-refractivity contribution is 5.58. The number of oxazole rings is 1. The summed E-state index contributed by atoms with van der Waals surface area (Å²) in [6.07, 6.45) is 4.93. The molecular weight excluding hydrogens is 200 g/mol. The van der Waals surface area contributed by atoms with Gasteiger partial charge in [0.05, 0.1) is 0 Å². The largest absolute Gasteiger partial charge is 0.420 e. The molecule has 3 rings (SSSR count). The van der Waals surface area contributed by atoms with E-state index in [1.165, 1.54) is 0 Å². The van der Waals surface area contributed by atoms with E-state index < -0.39 is 0 Å². The molecule has 0 aliphatic carbocycles. The number of rotatable bonds is 1. The third kappa shape index (κ3) is 1.41. The Morgan fingerprint density at radius 2 is 2.06 bits per heavy atom. The van der Waals surface area contributed by atoms with Gasteiger partial charge < -0.3 is 9.32 Å². The van der Waals surface area contributed by atoms with Crippen molar-refractivity contribution >= 4 is 5.88 Å². The topological polar surface area (TPSA) is 29.3 Å². The minimum atomic E-state index is 0.696. The molecule has 2 heterocycles. The fraction of sp³-hybridized carbons (Fsp3) is 0.154. The molecule has 0 unspecified atom stereocenters. The van der Waals surface area contributed by atoms with Gasteiger partial charge >= 0.3 is 0 Å². The molecule has 0 spiro atoms. The van der Waals surface area contributed by atoms with Crippen molar-refractivity contribution < 1.29 is 4.42 Å². The van der Waals surface area contributed by atoms with E-state index in [-0.39, 0.29) is 0 Å². The van der Waals surface area contributed by atoms with Gasteiger partial charge in [-0.15, -0.1) is 0 Å². The van der Waals surface area contributed by atoms with Crippen molar-refractivity contribution in [2.24, 2.45) is 0 Å². The first-order valence-corrected chi connectivity index (χ1v) is 5.29. The van der Waals surface area contributed by atoms with Crippen LogP contribution in [0.5, 0.6) is 0 Å². The van der Waals surface area contributed by atoms with Gasteiger partial charge in [-0.2, -0.15) is 0 Å². The summed E-state index contributed by atoms with van der Waals surface area (Å²) < 4.78 is 5.77. The smallest absolute Gasteiger partial charge is 0.229 e. The number of hydrogen-bond acceptors (Lipinski definition) is 3. The van der Waals surface area contributed by atoms with Gasteiger partial charge in [0, 0.05) is 25.2 Å². The lowest BCUT2D eigenvalue weighted by atomic mass is 10.2. The summed E-state index contributed by atoms with van der Waals surface area (Å²) >= 11 is 0. The third-order valence-corrected chi connectivity index (χ3v) is 2.66. The first-order chi connectivity index (χ1) is 7.84. The van der Waals surface area contributed by atoms with Gasteiger partial charge in [0.2, 0.25) is 11.8 Å². The first-order valence-electron chi connectivity index (χ1n) is 5.29. The maximum atomic E-state index is 5.77. The summed E-state index contributed by atoms with van der Waals surface area (Å²) in [6.45, 7) is 0. The van der Waals surface area contributed by atoms with E-state index in [0.717, 1.165) is 23.6 Å². The highest BCUT2D eigenvalue weighted by Crippen LogP contribution is 2.30. The van der Waals surface area contributed by atoms with E-state index in [2.05, 4.69) is 11.1 Å². The van der Waals surface area contributed by atoms with Gasteiger partial charge in [-0.05, 0) is 12.1 Å². The fourth-order valence-electron chi connectivity index (χ4n) is 1.85. The van der Waals surface area contributed by atoms with Crippen LogP contribution in [-0.2, 0) is 6.42 Å². The third-order valence-electron chi connectivity index (χ3n) is 2.66. The second-order valence-corrected chi connectivity index (χ2v) is 3.84. The van der Waals surface area contributed by atoms with E-state index >= 15 is 0 Å². The number of nitrogens with zero attached hydrogens (tertiary/aromatic N) is 2. The molecule has 2 aromatic rings. The molecule has 1 aromatic heterocycles. The van der Waals surface area contributed by atoms with Crippen LogP contribution in [0.2, 0.25) is 0 Å². The van der Waals surface area contributed by atoms with Crippen molar-refractivity contribution in [1.29, 1.82) is 0 Å². The average molecular weight is 212 g/mol. The van der Waals surface area contributed by atoms with Crippen LogP contribution in [0.15, 0.2) is 47.0 Å². The van der Waals surface area contributed by atoms with E-state index in [1.54, 1.807) is 0 Å². The number of allylic oxidation sites excluding steroid dienone is 1. The predicted octanol–water partition coefficient (Wildman–Crippen LogP) is 2.85. The molecule has 0 N–H and O–H groups in total. The normalized spacial score (nSPS) is 13.9. The molecule has 1 aromatic carbocycles. The summed E-state index contributed by atoms with van der Waals surface area (Å²) in [4.78, 5) is 6.47. The Morgan fingerprint density at radius 3 is 2.81 bits per heavy atom. The molecule has 3 heteroatoms. The van der Waals surface area contributed by atoms with Crippen molar-refractivity contribution in [2.75, 3.05) is 11.9 Å². The van der Waals surface area contributed by atoms with Gasteiger partial charge in [0.1, 0.15) is 5.69 Å². The highest BCUT2D eigenvalue weighted by atomic mass is 16.4. The van der Waals surface area contributed by atoms with Gasteiger partial charge in [-0.25, -0.2) is 4.98 Å². The Morgan fingerprint density at radius 1 is 1.25 bits per heavy atom. The van der Waals surface area contributed by atoms with Crippen molar-refractivity contribution in [3.05, 3.63) is 48.3 Å². The molecule has 0 saturated heterocycles. The molecule has 3 nitrogen and oxygen atoms in total. The Balaban J connectivity index is 2.06. The second-order valence-electron chi connectivity index (χ2n) is 3.84. The summed E-state index contributed by atoms with van der Waals surface area (Å²) in [6, 6.07) is 9.97. The zero-order valence-electron chi connectivity index (χ0n) is 9.05. The van der Waals surface area contributed by atoms with Crippen LogP contribution in [0.25, 0.3) is 11.5 Å². The Hall–Kier alpha value is -2.03. The molecule has 1 aliphatic heterocycles. The average Bonchev–Trinajstić information content (AvgIpc) is 2.76. The van der Waals surface area contributed by atoms with E-state index in [4.69, 9.17) is 4.42 Å². The summed E-state index contributed by atoms with van der Waals surface area (Å²) in [5.74, 6) is 1.54. The molecule has 0 fully saturated rings. The molecule has 0 bridgehead atoms. The second kappa shape index (κ2) is 3.52. The Labute approximate surface area is 94.0 Å². The molecular formula is C13H12N2O. The lowest BCUT2D eigenvalue weighted by Crippen LogP contribution is -2.12. The molecule has 16 heavy (non-hydrogen) atoms. The Kier molecular flexibility index (Phi) is 2.03. The molecule has 80 valence electrons. The molecule has 0 atom stereocenters. The zero-order valence-corrected chi connectivity index (χ0v) is 9.05. The van der Waals surface area contributed by atoms with E-state index in [1.807, 2.05) is 48.5 Å². The van der Waals surface area contributed by atoms with Crippen LogP contribution in [0.3, 0.4) is 0 Å². The van der Waals surface area contributed by atoms with Gasteiger partial charge in [0.15, 0.2) is 0 Å². The predicted molar refractivity (Wildman–Crippen MR) is 63.2 cm³/mol. The van der Waals surface area contributed by atoms with Crippen LogP contribution >= 0.6 is 0 Å². The summed E-state index contributed by atoms with van der Waals surface area (Å²) in [5.41, 5.74) is 2.02. The maximum absolute atomic E-state index is 5.77. The molecule has 0 saturated carbocycles. The van der Waals surface area contributed by atoms with Crippen LogP contribution in [0.1, 0.15) is 5.69 Å². The van der Waals surface area contributed by atoms with Crippen molar-refractivity contribution in [3.63, 3.8) is 0 Å². The van der Waals surface area contributed by atoms with Crippen molar-refractivity contribution in [3.8, 4) is 11.5 Å². The number of hydrogen-bond donors (Lipinski definition) is 0. The lowest BCUT2D eigenvalue weighted by molar-refractivity contribution is 0.573. The quantitative estimate of drug-likeness (QED) is 0.727. The molecule has 0 radical (unpaired) electrons. The van der Waals surface area contributed by atoms with Crippen molar-refractivity contribution in [1.82, 2.24) is 4.98 Å². The molecule has 1 aliphatic rings. The van der Waals surface area contributed by atoms with Crippen LogP contribution in [0, 0.1) is 0 Å². The van der Waals surface area contributed by atoms with Gasteiger partial charge in [-0.1, -0.05) is 24.3 Å². The van der Waals surface area contributed by atoms with Crippen LogP contribution < -0.4 is 4.90 Å². The summed E-state index contributed by atoms with van der Waals surface area (Å²) in [7, 11) is 1.97. The highest BCUT2D eigenvalue weighted by Gasteiger charge is 2.18. The number of anilines is 1. The Bertz CT molecular complexity index is 528. The zero-order chi connectivity index (χ0) is 11.0. The summed E-state index contributed by atoms with van der Waals surface area (Å²) in [5, 5.41) is 0. The van der Waals surface area contributed by atoms with Crippen LogP contribution in [0.4, 0.5) is 5.88 Å². The van der Waals surface area contributed by atoms with E-state index in [9.17, 15) is 0 Å². The lowest BCUT2D eigenvalue weighted by Gasteiger charge is -2.14. The number of benzene rings is 1. The van der Waals surface area contributed by atoms with Crippen LogP contribution in [-0.4, -0.2) is 12.0 Å². The first kappa shape index (κ1) is 9.21. The fourth-order valence-corrected chi connectivity index (χ4v) is 1.85. The minimum absolute atomic E-state index is 0.696. The standard InChI is InChI=1S/C13H12N2O/c1-15-9-5-8-11-13(15)16-12(14-11)10-6-3-2-4-7-10/h2-7,9H,8H2,1H3. The number of fused-ring (bicyclic) bond motifs is 1. The van der Waals surface area contributed by atoms with E-state index in [0.29, 0.717) is 5.89 Å².